The molecule has 0 N–H and O–H groups in total. The van der Waals surface area contributed by atoms with E-state index >= 15 is 0 Å². The van der Waals surface area contributed by atoms with E-state index in [4.69, 9.17) is 0 Å². The Kier molecular flexibility index (Phi) is 6.39. The first-order valence-corrected chi connectivity index (χ1v) is 8.42. The first-order chi connectivity index (χ1) is 11.8. The fourth-order valence-electron chi connectivity index (χ4n) is 2.57. The Morgan fingerprint density at radius 3 is 1.67 bits per heavy atom. The summed E-state index contributed by atoms with van der Waals surface area (Å²) < 4.78 is 0. The normalized spacial score (nSPS) is 9.62. The second-order valence-electron chi connectivity index (χ2n) is 5.32. The SMILES string of the molecule is C=C(c1cccc(C)c1)N(c1ccccc1)c1ccccc1.CC. The Morgan fingerprint density at radius 1 is 0.708 bits per heavy atom. The van der Waals surface area contributed by atoms with Gasteiger partial charge in [0, 0.05) is 17.1 Å². The molecule has 0 saturated carbocycles. The maximum atomic E-state index is 4.35. The van der Waals surface area contributed by atoms with Gasteiger partial charge in [0.15, 0.2) is 0 Å². The quantitative estimate of drug-likeness (QED) is 0.510. The molecule has 0 fully saturated rings. The number of anilines is 2. The molecule has 24 heavy (non-hydrogen) atoms. The van der Waals surface area contributed by atoms with Gasteiger partial charge in [-0.15, -0.1) is 0 Å². The average Bonchev–Trinajstić information content (AvgIpc) is 2.65. The van der Waals surface area contributed by atoms with Gasteiger partial charge in [0.05, 0.1) is 0 Å². The predicted molar refractivity (Wildman–Crippen MR) is 107 cm³/mol. The molecule has 0 atom stereocenters. The van der Waals surface area contributed by atoms with Crippen molar-refractivity contribution in [3.05, 3.63) is 103 Å². The average molecular weight is 315 g/mol. The Morgan fingerprint density at radius 2 is 1.21 bits per heavy atom. The van der Waals surface area contributed by atoms with Crippen molar-refractivity contribution in [1.82, 2.24) is 0 Å². The Bertz CT molecular complexity index is 721. The van der Waals surface area contributed by atoms with Crippen molar-refractivity contribution in [2.24, 2.45) is 0 Å². The molecule has 0 heterocycles. The summed E-state index contributed by atoms with van der Waals surface area (Å²) in [6, 6.07) is 29.1. The largest absolute Gasteiger partial charge is 0.311 e. The Labute approximate surface area is 145 Å². The fourth-order valence-corrected chi connectivity index (χ4v) is 2.57. The number of rotatable bonds is 4. The summed E-state index contributed by atoms with van der Waals surface area (Å²) in [7, 11) is 0. The molecule has 3 aromatic carbocycles. The van der Waals surface area contributed by atoms with Gasteiger partial charge in [0.2, 0.25) is 0 Å². The molecule has 122 valence electrons. The second kappa shape index (κ2) is 8.73. The molecule has 0 aliphatic carbocycles. The molecule has 0 unspecified atom stereocenters. The molecule has 0 spiro atoms. The van der Waals surface area contributed by atoms with E-state index in [0.717, 1.165) is 22.6 Å². The van der Waals surface area contributed by atoms with Crippen molar-refractivity contribution < 1.29 is 0 Å². The molecule has 0 aromatic heterocycles. The number of hydrogen-bond acceptors (Lipinski definition) is 1. The van der Waals surface area contributed by atoms with Gasteiger partial charge in [-0.25, -0.2) is 0 Å². The van der Waals surface area contributed by atoms with Crippen LogP contribution < -0.4 is 4.90 Å². The van der Waals surface area contributed by atoms with Crippen LogP contribution in [0.4, 0.5) is 11.4 Å². The van der Waals surface area contributed by atoms with E-state index in [1.807, 2.05) is 26.0 Å². The molecule has 0 bridgehead atoms. The molecule has 0 radical (unpaired) electrons. The summed E-state index contributed by atoms with van der Waals surface area (Å²) in [5.74, 6) is 0. The van der Waals surface area contributed by atoms with Gasteiger partial charge in [0.25, 0.3) is 0 Å². The van der Waals surface area contributed by atoms with E-state index in [0.29, 0.717) is 0 Å². The van der Waals surface area contributed by atoms with E-state index < -0.39 is 0 Å². The van der Waals surface area contributed by atoms with Crippen LogP contribution in [0.5, 0.6) is 0 Å². The molecular weight excluding hydrogens is 290 g/mol. The van der Waals surface area contributed by atoms with Gasteiger partial charge < -0.3 is 4.90 Å². The zero-order chi connectivity index (χ0) is 17.4. The third-order valence-electron chi connectivity index (χ3n) is 3.65. The zero-order valence-electron chi connectivity index (χ0n) is 14.7. The monoisotopic (exact) mass is 315 g/mol. The number of para-hydroxylation sites is 2. The molecular formula is C23H25N. The maximum Gasteiger partial charge on any atom is 0.0462 e. The van der Waals surface area contributed by atoms with E-state index in [1.54, 1.807) is 0 Å². The van der Waals surface area contributed by atoms with Gasteiger partial charge in [-0.3, -0.25) is 0 Å². The minimum Gasteiger partial charge on any atom is -0.311 e. The molecule has 3 aromatic rings. The van der Waals surface area contributed by atoms with Crippen molar-refractivity contribution in [2.75, 3.05) is 4.90 Å². The van der Waals surface area contributed by atoms with E-state index in [1.165, 1.54) is 5.56 Å². The minimum atomic E-state index is 0.973. The summed E-state index contributed by atoms with van der Waals surface area (Å²) in [4.78, 5) is 2.19. The van der Waals surface area contributed by atoms with Gasteiger partial charge in [0.1, 0.15) is 0 Å². The van der Waals surface area contributed by atoms with Crippen molar-refractivity contribution in [3.8, 4) is 0 Å². The lowest BCUT2D eigenvalue weighted by molar-refractivity contribution is 1.29. The molecule has 3 rings (SSSR count). The second-order valence-corrected chi connectivity index (χ2v) is 5.32. The van der Waals surface area contributed by atoms with Crippen LogP contribution in [0.2, 0.25) is 0 Å². The van der Waals surface area contributed by atoms with E-state index in [9.17, 15) is 0 Å². The molecule has 0 aliphatic rings. The third kappa shape index (κ3) is 4.14. The highest BCUT2D eigenvalue weighted by Crippen LogP contribution is 2.33. The van der Waals surface area contributed by atoms with E-state index in [-0.39, 0.29) is 0 Å². The molecule has 1 heteroatoms. The summed E-state index contributed by atoms with van der Waals surface area (Å²) in [5, 5.41) is 0. The topological polar surface area (TPSA) is 3.24 Å². The highest BCUT2D eigenvalue weighted by Gasteiger charge is 2.14. The zero-order valence-corrected chi connectivity index (χ0v) is 14.7. The summed E-state index contributed by atoms with van der Waals surface area (Å²) in [6.07, 6.45) is 0. The molecule has 0 saturated heterocycles. The number of benzene rings is 3. The van der Waals surface area contributed by atoms with Crippen molar-refractivity contribution >= 4 is 17.1 Å². The molecule has 0 aliphatic heterocycles. The first kappa shape index (κ1) is 17.6. The number of nitrogens with zero attached hydrogens (tertiary/aromatic N) is 1. The molecule has 1 nitrogen and oxygen atoms in total. The highest BCUT2D eigenvalue weighted by atomic mass is 15.1. The summed E-state index contributed by atoms with van der Waals surface area (Å²) in [6.45, 7) is 10.4. The first-order valence-electron chi connectivity index (χ1n) is 8.42. The molecule has 0 amide bonds. The van der Waals surface area contributed by atoms with Gasteiger partial charge >= 0.3 is 0 Å². The van der Waals surface area contributed by atoms with Crippen LogP contribution in [0.25, 0.3) is 5.70 Å². The predicted octanol–water partition coefficient (Wildman–Crippen LogP) is 6.83. The fraction of sp³-hybridized carbons (Fsp3) is 0.130. The summed E-state index contributed by atoms with van der Waals surface area (Å²) >= 11 is 0. The van der Waals surface area contributed by atoms with Gasteiger partial charge in [-0.1, -0.05) is 80.6 Å². The lowest BCUT2D eigenvalue weighted by Gasteiger charge is -2.27. The number of aryl methyl sites for hydroxylation is 1. The highest BCUT2D eigenvalue weighted by molar-refractivity contribution is 5.86. The van der Waals surface area contributed by atoms with Crippen LogP contribution in [-0.4, -0.2) is 0 Å². The van der Waals surface area contributed by atoms with Crippen LogP contribution in [0, 0.1) is 6.92 Å². The standard InChI is InChI=1S/C21H19N.C2H6/c1-17-10-9-11-19(16-17)18(2)22(20-12-5-3-6-13-20)21-14-7-4-8-15-21;1-2/h3-16H,2H2,1H3;1-2H3. The Hall–Kier alpha value is -2.80. The van der Waals surface area contributed by atoms with Crippen LogP contribution in [0.15, 0.2) is 91.5 Å². The smallest absolute Gasteiger partial charge is 0.0462 e. The maximum absolute atomic E-state index is 4.35. The van der Waals surface area contributed by atoms with Crippen molar-refractivity contribution in [2.45, 2.75) is 20.8 Å². The van der Waals surface area contributed by atoms with Crippen LogP contribution in [-0.2, 0) is 0 Å². The minimum absolute atomic E-state index is 0.973. The number of hydrogen-bond donors (Lipinski definition) is 0. The van der Waals surface area contributed by atoms with Crippen LogP contribution in [0.3, 0.4) is 0 Å². The van der Waals surface area contributed by atoms with Gasteiger partial charge in [-0.2, -0.15) is 0 Å². The van der Waals surface area contributed by atoms with Crippen LogP contribution >= 0.6 is 0 Å². The Balaban J connectivity index is 0.00000100. The van der Waals surface area contributed by atoms with Crippen molar-refractivity contribution in [1.29, 1.82) is 0 Å². The third-order valence-corrected chi connectivity index (χ3v) is 3.65. The summed E-state index contributed by atoms with van der Waals surface area (Å²) in [5.41, 5.74) is 5.56. The van der Waals surface area contributed by atoms with Crippen molar-refractivity contribution in [3.63, 3.8) is 0 Å². The van der Waals surface area contributed by atoms with Crippen LogP contribution in [0.1, 0.15) is 25.0 Å². The lowest BCUT2D eigenvalue weighted by atomic mass is 10.1. The lowest BCUT2D eigenvalue weighted by Crippen LogP contribution is -2.14. The van der Waals surface area contributed by atoms with E-state index in [2.05, 4.69) is 91.2 Å². The van der Waals surface area contributed by atoms with Gasteiger partial charge in [-0.05, 0) is 42.8 Å².